The van der Waals surface area contributed by atoms with Crippen molar-refractivity contribution in [2.75, 3.05) is 13.2 Å². The molecule has 3 rings (SSSR count). The maximum atomic E-state index is 5.62. The Morgan fingerprint density at radius 2 is 1.72 bits per heavy atom. The number of hydrogen-bond acceptors (Lipinski definition) is 2. The average molecular weight is 242 g/mol. The van der Waals surface area contributed by atoms with E-state index in [1.807, 2.05) is 0 Å². The maximum absolute atomic E-state index is 5.62. The maximum Gasteiger partial charge on any atom is 0.184 e. The fourth-order valence-electron chi connectivity index (χ4n) is 2.62. The van der Waals surface area contributed by atoms with E-state index in [1.165, 1.54) is 22.8 Å². The molecule has 1 aliphatic heterocycles. The Balaban J connectivity index is 2.13. The van der Waals surface area contributed by atoms with Crippen LogP contribution in [0.3, 0.4) is 0 Å². The molecule has 2 aromatic rings. The highest BCUT2D eigenvalue weighted by Gasteiger charge is 2.20. The van der Waals surface area contributed by atoms with Gasteiger partial charge in [-0.05, 0) is 22.8 Å². The van der Waals surface area contributed by atoms with Crippen LogP contribution in [0, 0.1) is 0 Å². The minimum atomic E-state index is -0.189. The largest absolute Gasteiger partial charge is 0.346 e. The van der Waals surface area contributed by atoms with Crippen molar-refractivity contribution in [1.29, 1.82) is 0 Å². The predicted molar refractivity (Wildman–Crippen MR) is 72.6 cm³/mol. The van der Waals surface area contributed by atoms with Gasteiger partial charge >= 0.3 is 0 Å². The molecule has 0 radical (unpaired) electrons. The standard InChI is InChI=1S/C16H18O2/c1-2-5-12-8-9-15(16-17-10-11-18-16)14-7-4-3-6-13(12)14/h3-4,6-9,16H,2,5,10-11H2,1H3. The van der Waals surface area contributed by atoms with E-state index >= 15 is 0 Å². The molecule has 0 aliphatic carbocycles. The molecular weight excluding hydrogens is 224 g/mol. The van der Waals surface area contributed by atoms with Gasteiger partial charge in [-0.3, -0.25) is 0 Å². The van der Waals surface area contributed by atoms with E-state index in [0.717, 1.165) is 12.0 Å². The van der Waals surface area contributed by atoms with Crippen molar-refractivity contribution >= 4 is 10.8 Å². The zero-order chi connectivity index (χ0) is 12.4. The summed E-state index contributed by atoms with van der Waals surface area (Å²) in [6.07, 6.45) is 2.10. The van der Waals surface area contributed by atoms with Crippen LogP contribution < -0.4 is 0 Å². The van der Waals surface area contributed by atoms with E-state index in [0.29, 0.717) is 13.2 Å². The molecule has 1 fully saturated rings. The predicted octanol–water partition coefficient (Wildman–Crippen LogP) is 3.84. The molecule has 1 saturated heterocycles. The van der Waals surface area contributed by atoms with Crippen molar-refractivity contribution in [3.05, 3.63) is 47.5 Å². The molecule has 0 spiro atoms. The first kappa shape index (κ1) is 11.7. The molecule has 0 aromatic heterocycles. The van der Waals surface area contributed by atoms with E-state index in [2.05, 4.69) is 43.3 Å². The molecule has 2 heteroatoms. The molecular formula is C16H18O2. The second kappa shape index (κ2) is 5.09. The summed E-state index contributed by atoms with van der Waals surface area (Å²) in [5.41, 5.74) is 2.57. The molecule has 0 amide bonds. The van der Waals surface area contributed by atoms with Gasteiger partial charge in [0, 0.05) is 5.56 Å². The molecule has 1 heterocycles. The third-order valence-electron chi connectivity index (χ3n) is 3.44. The Labute approximate surface area is 108 Å². The van der Waals surface area contributed by atoms with Crippen molar-refractivity contribution in [2.24, 2.45) is 0 Å². The third-order valence-corrected chi connectivity index (χ3v) is 3.44. The van der Waals surface area contributed by atoms with Crippen LogP contribution in [-0.4, -0.2) is 13.2 Å². The lowest BCUT2D eigenvalue weighted by molar-refractivity contribution is -0.0430. The van der Waals surface area contributed by atoms with Crippen LogP contribution in [0.2, 0.25) is 0 Å². The van der Waals surface area contributed by atoms with E-state index < -0.39 is 0 Å². The lowest BCUT2D eigenvalue weighted by Crippen LogP contribution is -2.00. The number of hydrogen-bond donors (Lipinski definition) is 0. The monoisotopic (exact) mass is 242 g/mol. The van der Waals surface area contributed by atoms with Gasteiger partial charge in [-0.15, -0.1) is 0 Å². The van der Waals surface area contributed by atoms with Crippen LogP contribution in [0.4, 0.5) is 0 Å². The molecule has 2 nitrogen and oxygen atoms in total. The summed E-state index contributed by atoms with van der Waals surface area (Å²) in [6, 6.07) is 12.9. The summed E-state index contributed by atoms with van der Waals surface area (Å²) >= 11 is 0. The first-order valence-electron chi connectivity index (χ1n) is 6.64. The summed E-state index contributed by atoms with van der Waals surface area (Å²) in [6.45, 7) is 3.59. The fraction of sp³-hybridized carbons (Fsp3) is 0.375. The Kier molecular flexibility index (Phi) is 3.31. The lowest BCUT2D eigenvalue weighted by Gasteiger charge is -2.15. The van der Waals surface area contributed by atoms with Gasteiger partial charge < -0.3 is 9.47 Å². The molecule has 0 atom stereocenters. The van der Waals surface area contributed by atoms with Crippen LogP contribution in [0.15, 0.2) is 36.4 Å². The van der Waals surface area contributed by atoms with Gasteiger partial charge in [0.2, 0.25) is 0 Å². The first-order chi connectivity index (χ1) is 8.90. The summed E-state index contributed by atoms with van der Waals surface area (Å²) in [5, 5.41) is 2.59. The lowest BCUT2D eigenvalue weighted by atomic mass is 9.97. The fourth-order valence-corrected chi connectivity index (χ4v) is 2.62. The normalized spacial score (nSPS) is 16.5. The van der Waals surface area contributed by atoms with E-state index in [-0.39, 0.29) is 6.29 Å². The second-order valence-electron chi connectivity index (χ2n) is 4.68. The van der Waals surface area contributed by atoms with Gasteiger partial charge in [-0.25, -0.2) is 0 Å². The average Bonchev–Trinajstić information content (AvgIpc) is 2.93. The number of fused-ring (bicyclic) bond motifs is 1. The third kappa shape index (κ3) is 2.02. The Morgan fingerprint density at radius 1 is 1.00 bits per heavy atom. The zero-order valence-electron chi connectivity index (χ0n) is 10.7. The molecule has 0 N–H and O–H groups in total. The van der Waals surface area contributed by atoms with Crippen LogP contribution in [0.1, 0.15) is 30.8 Å². The second-order valence-corrected chi connectivity index (χ2v) is 4.68. The zero-order valence-corrected chi connectivity index (χ0v) is 10.7. The quantitative estimate of drug-likeness (QED) is 0.814. The van der Waals surface area contributed by atoms with Crippen LogP contribution in [0.5, 0.6) is 0 Å². The molecule has 1 aliphatic rings. The molecule has 0 unspecified atom stereocenters. The summed E-state index contributed by atoms with van der Waals surface area (Å²) < 4.78 is 11.2. The molecule has 2 aromatic carbocycles. The number of aryl methyl sites for hydroxylation is 1. The molecule has 94 valence electrons. The van der Waals surface area contributed by atoms with Gasteiger partial charge in [-0.1, -0.05) is 49.7 Å². The highest BCUT2D eigenvalue weighted by Crippen LogP contribution is 2.32. The summed E-state index contributed by atoms with van der Waals surface area (Å²) in [7, 11) is 0. The van der Waals surface area contributed by atoms with Crippen molar-refractivity contribution in [1.82, 2.24) is 0 Å². The summed E-state index contributed by atoms with van der Waals surface area (Å²) in [4.78, 5) is 0. The highest BCUT2D eigenvalue weighted by molar-refractivity contribution is 5.89. The van der Waals surface area contributed by atoms with Crippen LogP contribution >= 0.6 is 0 Å². The van der Waals surface area contributed by atoms with Gasteiger partial charge in [-0.2, -0.15) is 0 Å². The van der Waals surface area contributed by atoms with Gasteiger partial charge in [0.25, 0.3) is 0 Å². The van der Waals surface area contributed by atoms with Crippen molar-refractivity contribution in [2.45, 2.75) is 26.1 Å². The van der Waals surface area contributed by atoms with Crippen LogP contribution in [-0.2, 0) is 15.9 Å². The van der Waals surface area contributed by atoms with E-state index in [1.54, 1.807) is 0 Å². The Morgan fingerprint density at radius 3 is 2.44 bits per heavy atom. The number of ether oxygens (including phenoxy) is 2. The van der Waals surface area contributed by atoms with E-state index in [9.17, 15) is 0 Å². The summed E-state index contributed by atoms with van der Waals surface area (Å²) in [5.74, 6) is 0. The van der Waals surface area contributed by atoms with Crippen molar-refractivity contribution in [3.8, 4) is 0 Å². The minimum absolute atomic E-state index is 0.189. The molecule has 0 bridgehead atoms. The Bertz CT molecular complexity index is 542. The van der Waals surface area contributed by atoms with Gasteiger partial charge in [0.15, 0.2) is 6.29 Å². The number of benzene rings is 2. The number of rotatable bonds is 3. The first-order valence-corrected chi connectivity index (χ1v) is 6.64. The smallest absolute Gasteiger partial charge is 0.184 e. The van der Waals surface area contributed by atoms with Gasteiger partial charge in [0.1, 0.15) is 0 Å². The van der Waals surface area contributed by atoms with Crippen molar-refractivity contribution < 1.29 is 9.47 Å². The topological polar surface area (TPSA) is 18.5 Å². The highest BCUT2D eigenvalue weighted by atomic mass is 16.7. The van der Waals surface area contributed by atoms with Crippen molar-refractivity contribution in [3.63, 3.8) is 0 Å². The minimum Gasteiger partial charge on any atom is -0.346 e. The van der Waals surface area contributed by atoms with Gasteiger partial charge in [0.05, 0.1) is 13.2 Å². The molecule has 18 heavy (non-hydrogen) atoms. The van der Waals surface area contributed by atoms with E-state index in [4.69, 9.17) is 9.47 Å². The molecule has 0 saturated carbocycles. The van der Waals surface area contributed by atoms with Crippen LogP contribution in [0.25, 0.3) is 10.8 Å². The SMILES string of the molecule is CCCc1ccc(C2OCCO2)c2ccccc12. The Hall–Kier alpha value is -1.38.